The summed E-state index contributed by atoms with van der Waals surface area (Å²) in [5.41, 5.74) is 0. The fourth-order valence-electron chi connectivity index (χ4n) is 0.902. The molecule has 0 bridgehead atoms. The van der Waals surface area contributed by atoms with E-state index in [1.165, 1.54) is 0 Å². The van der Waals surface area contributed by atoms with E-state index in [0.717, 1.165) is 7.11 Å². The summed E-state index contributed by atoms with van der Waals surface area (Å²) >= 11 is 0. The summed E-state index contributed by atoms with van der Waals surface area (Å²) in [5, 5.41) is 1.87. The fourth-order valence-corrected chi connectivity index (χ4v) is 2.38. The number of hydrogen-bond donors (Lipinski definition) is 1. The highest BCUT2D eigenvalue weighted by Gasteiger charge is 2.28. The molecule has 0 spiro atoms. The van der Waals surface area contributed by atoms with Gasteiger partial charge in [0.05, 0.1) is 20.3 Å². The van der Waals surface area contributed by atoms with E-state index in [0.29, 0.717) is 0 Å². The minimum absolute atomic E-state index is 0.156. The first-order chi connectivity index (χ1) is 7.47. The van der Waals surface area contributed by atoms with E-state index < -0.39 is 25.8 Å². The predicted molar refractivity (Wildman–Crippen MR) is 56.3 cm³/mol. The van der Waals surface area contributed by atoms with Gasteiger partial charge in [-0.05, 0) is 13.8 Å². The average molecular weight is 253 g/mol. The third-order valence-corrected chi connectivity index (χ3v) is 3.39. The van der Waals surface area contributed by atoms with Crippen molar-refractivity contribution >= 4 is 19.6 Å². The van der Waals surface area contributed by atoms with Gasteiger partial charge in [-0.3, -0.25) is 14.7 Å². The SMILES string of the molecule is CCOP(=O)(CC(=O)NC(=O)OC)OCC. The molecule has 8 heteroatoms. The molecule has 0 aromatic rings. The molecule has 2 amide bonds. The van der Waals surface area contributed by atoms with Crippen LogP contribution in [-0.4, -0.2) is 38.5 Å². The lowest BCUT2D eigenvalue weighted by Gasteiger charge is -2.15. The van der Waals surface area contributed by atoms with Crippen molar-refractivity contribution < 1.29 is 27.9 Å². The number of carbonyl (C=O) groups is 2. The van der Waals surface area contributed by atoms with Crippen molar-refractivity contribution in [1.29, 1.82) is 0 Å². The number of hydrogen-bond acceptors (Lipinski definition) is 6. The summed E-state index contributed by atoms with van der Waals surface area (Å²) < 4.78 is 25.8. The van der Waals surface area contributed by atoms with Gasteiger partial charge in [0.1, 0.15) is 6.16 Å². The van der Waals surface area contributed by atoms with Crippen LogP contribution in [0.4, 0.5) is 4.79 Å². The number of imide groups is 1. The topological polar surface area (TPSA) is 90.9 Å². The molecule has 1 N–H and O–H groups in total. The van der Waals surface area contributed by atoms with Crippen molar-refractivity contribution in [1.82, 2.24) is 5.32 Å². The van der Waals surface area contributed by atoms with E-state index in [9.17, 15) is 14.2 Å². The second-order valence-electron chi connectivity index (χ2n) is 2.64. The maximum atomic E-state index is 11.8. The van der Waals surface area contributed by atoms with Crippen molar-refractivity contribution in [2.75, 3.05) is 26.5 Å². The van der Waals surface area contributed by atoms with Crippen molar-refractivity contribution in [3.63, 3.8) is 0 Å². The zero-order chi connectivity index (χ0) is 12.6. The van der Waals surface area contributed by atoms with E-state index in [1.807, 2.05) is 5.32 Å². The Labute approximate surface area is 94.0 Å². The van der Waals surface area contributed by atoms with Crippen LogP contribution in [-0.2, 0) is 23.1 Å². The molecule has 94 valence electrons. The molecule has 0 aliphatic rings. The summed E-state index contributed by atoms with van der Waals surface area (Å²) in [5.74, 6) is -0.767. The number of alkyl carbamates (subject to hydrolysis) is 1. The van der Waals surface area contributed by atoms with Crippen molar-refractivity contribution in [2.24, 2.45) is 0 Å². The van der Waals surface area contributed by atoms with Crippen molar-refractivity contribution in [3.8, 4) is 0 Å². The van der Waals surface area contributed by atoms with Crippen LogP contribution in [0.15, 0.2) is 0 Å². The normalized spacial score (nSPS) is 10.9. The summed E-state index contributed by atoms with van der Waals surface area (Å²) in [6.07, 6.45) is -1.42. The zero-order valence-electron chi connectivity index (χ0n) is 9.52. The Kier molecular flexibility index (Phi) is 6.96. The lowest BCUT2D eigenvalue weighted by atomic mass is 10.7. The minimum atomic E-state index is -3.46. The Bertz CT molecular complexity index is 282. The van der Waals surface area contributed by atoms with Gasteiger partial charge in [-0.2, -0.15) is 0 Å². The number of methoxy groups -OCH3 is 1. The quantitative estimate of drug-likeness (QED) is 0.713. The first kappa shape index (κ1) is 15.1. The minimum Gasteiger partial charge on any atom is -0.453 e. The lowest BCUT2D eigenvalue weighted by molar-refractivity contribution is -0.118. The van der Waals surface area contributed by atoms with Gasteiger partial charge in [-0.15, -0.1) is 0 Å². The van der Waals surface area contributed by atoms with Crippen LogP contribution in [0.25, 0.3) is 0 Å². The van der Waals surface area contributed by atoms with Crippen LogP contribution in [0.2, 0.25) is 0 Å². The molecule has 7 nitrogen and oxygen atoms in total. The van der Waals surface area contributed by atoms with E-state index in [-0.39, 0.29) is 13.2 Å². The van der Waals surface area contributed by atoms with E-state index in [2.05, 4.69) is 4.74 Å². The third kappa shape index (κ3) is 5.85. The third-order valence-electron chi connectivity index (χ3n) is 1.42. The van der Waals surface area contributed by atoms with Crippen molar-refractivity contribution in [2.45, 2.75) is 13.8 Å². The molecule has 0 aliphatic heterocycles. The van der Waals surface area contributed by atoms with Gasteiger partial charge >= 0.3 is 13.7 Å². The molecule has 0 saturated heterocycles. The Hall–Kier alpha value is -0.910. The molecule has 16 heavy (non-hydrogen) atoms. The Balaban J connectivity index is 4.34. The van der Waals surface area contributed by atoms with Gasteiger partial charge in [0, 0.05) is 0 Å². The predicted octanol–water partition coefficient (Wildman–Crippen LogP) is 1.14. The van der Waals surface area contributed by atoms with Gasteiger partial charge in [0.25, 0.3) is 0 Å². The molecule has 0 rings (SSSR count). The van der Waals surface area contributed by atoms with Crippen LogP contribution >= 0.6 is 7.60 Å². The standard InChI is InChI=1S/C8H16NO6P/c1-4-14-16(12,15-5-2)6-7(10)9-8(11)13-3/h4-6H2,1-3H3,(H,9,10,11). The molecule has 0 saturated carbocycles. The fraction of sp³-hybridized carbons (Fsp3) is 0.750. The number of ether oxygens (including phenoxy) is 1. The van der Waals surface area contributed by atoms with Gasteiger partial charge in [-0.1, -0.05) is 0 Å². The van der Waals surface area contributed by atoms with Crippen LogP contribution < -0.4 is 5.32 Å². The monoisotopic (exact) mass is 253 g/mol. The second kappa shape index (κ2) is 7.38. The summed E-state index contributed by atoms with van der Waals surface area (Å²) in [6, 6.07) is 0. The van der Waals surface area contributed by atoms with Gasteiger partial charge in [-0.25, -0.2) is 4.79 Å². The summed E-state index contributed by atoms with van der Waals surface area (Å²) in [7, 11) is -2.34. The highest BCUT2D eigenvalue weighted by atomic mass is 31.2. The molecule has 0 radical (unpaired) electrons. The number of carbonyl (C=O) groups excluding carboxylic acids is 2. The van der Waals surface area contributed by atoms with E-state index >= 15 is 0 Å². The van der Waals surface area contributed by atoms with Gasteiger partial charge in [0.15, 0.2) is 0 Å². The Morgan fingerprint density at radius 1 is 1.19 bits per heavy atom. The Morgan fingerprint density at radius 3 is 2.06 bits per heavy atom. The highest BCUT2D eigenvalue weighted by molar-refractivity contribution is 7.54. The van der Waals surface area contributed by atoms with Gasteiger partial charge < -0.3 is 13.8 Å². The van der Waals surface area contributed by atoms with Crippen LogP contribution in [0, 0.1) is 0 Å². The number of nitrogens with one attached hydrogen (secondary N) is 1. The molecule has 0 aromatic heterocycles. The Morgan fingerprint density at radius 2 is 1.69 bits per heavy atom. The molecule has 0 fully saturated rings. The second-order valence-corrected chi connectivity index (χ2v) is 4.70. The van der Waals surface area contributed by atoms with Crippen LogP contribution in [0.1, 0.15) is 13.8 Å². The first-order valence-electron chi connectivity index (χ1n) is 4.73. The van der Waals surface area contributed by atoms with Crippen molar-refractivity contribution in [3.05, 3.63) is 0 Å². The number of amides is 2. The van der Waals surface area contributed by atoms with E-state index in [4.69, 9.17) is 9.05 Å². The summed E-state index contributed by atoms with van der Waals surface area (Å²) in [4.78, 5) is 21.9. The molecular formula is C8H16NO6P. The molecular weight excluding hydrogens is 237 g/mol. The molecule has 0 aromatic carbocycles. The maximum absolute atomic E-state index is 11.8. The zero-order valence-corrected chi connectivity index (χ0v) is 10.4. The van der Waals surface area contributed by atoms with Crippen LogP contribution in [0.3, 0.4) is 0 Å². The van der Waals surface area contributed by atoms with Gasteiger partial charge in [0.2, 0.25) is 5.91 Å². The molecule has 0 aliphatic carbocycles. The molecule has 0 unspecified atom stereocenters. The highest BCUT2D eigenvalue weighted by Crippen LogP contribution is 2.47. The maximum Gasteiger partial charge on any atom is 0.413 e. The largest absolute Gasteiger partial charge is 0.453 e. The summed E-state index contributed by atoms with van der Waals surface area (Å²) in [6.45, 7) is 3.57. The average Bonchev–Trinajstić information content (AvgIpc) is 2.17. The molecule has 0 atom stereocenters. The lowest BCUT2D eigenvalue weighted by Crippen LogP contribution is -2.32. The first-order valence-corrected chi connectivity index (χ1v) is 6.46. The van der Waals surface area contributed by atoms with E-state index in [1.54, 1.807) is 13.8 Å². The van der Waals surface area contributed by atoms with Crippen LogP contribution in [0.5, 0.6) is 0 Å². The molecule has 0 heterocycles. The number of rotatable bonds is 6. The smallest absolute Gasteiger partial charge is 0.413 e.